The molecule has 0 spiro atoms. The van der Waals surface area contributed by atoms with E-state index in [1.54, 1.807) is 30.3 Å². The summed E-state index contributed by atoms with van der Waals surface area (Å²) in [5, 5.41) is 3.85. The van der Waals surface area contributed by atoms with Gasteiger partial charge in [-0.05, 0) is 12.1 Å². The van der Waals surface area contributed by atoms with Gasteiger partial charge in [-0.2, -0.15) is 9.78 Å². The summed E-state index contributed by atoms with van der Waals surface area (Å²) < 4.78 is 6.24. The Morgan fingerprint density at radius 1 is 1.35 bits per heavy atom. The van der Waals surface area contributed by atoms with Crippen LogP contribution in [0.15, 0.2) is 36.5 Å². The Labute approximate surface area is 105 Å². The molecule has 0 bridgehead atoms. The highest BCUT2D eigenvalue weighted by Crippen LogP contribution is 2.19. The summed E-state index contributed by atoms with van der Waals surface area (Å²) in [5.41, 5.74) is 6.04. The Morgan fingerprint density at radius 2 is 2.06 bits per heavy atom. The van der Waals surface area contributed by atoms with Crippen molar-refractivity contribution in [2.24, 2.45) is 0 Å². The molecule has 90 valence electrons. The van der Waals surface area contributed by atoms with Crippen LogP contribution >= 0.6 is 12.4 Å². The largest absolute Gasteiger partial charge is 0.496 e. The molecule has 2 N–H and O–H groups in total. The minimum Gasteiger partial charge on any atom is -0.496 e. The van der Waals surface area contributed by atoms with Gasteiger partial charge in [0, 0.05) is 6.07 Å². The third-order valence-electron chi connectivity index (χ3n) is 2.20. The average molecular weight is 254 g/mol. The van der Waals surface area contributed by atoms with Gasteiger partial charge < -0.3 is 10.5 Å². The van der Waals surface area contributed by atoms with Crippen LogP contribution in [0, 0.1) is 0 Å². The van der Waals surface area contributed by atoms with Crippen LogP contribution in [-0.4, -0.2) is 22.8 Å². The predicted octanol–water partition coefficient (Wildman–Crippen LogP) is 1.58. The van der Waals surface area contributed by atoms with Crippen molar-refractivity contribution in [3.8, 4) is 5.75 Å². The molecule has 1 aromatic heterocycles. The summed E-state index contributed by atoms with van der Waals surface area (Å²) in [6.45, 7) is 0. The first-order chi connectivity index (χ1) is 7.74. The van der Waals surface area contributed by atoms with Gasteiger partial charge in [-0.1, -0.05) is 12.1 Å². The number of aromatic nitrogens is 2. The number of carbonyl (C=O) groups excluding carboxylic acids is 1. The van der Waals surface area contributed by atoms with E-state index < -0.39 is 0 Å². The minimum absolute atomic E-state index is 0. The monoisotopic (exact) mass is 253 g/mol. The lowest BCUT2D eigenvalue weighted by Crippen LogP contribution is -2.16. The Kier molecular flexibility index (Phi) is 4.12. The molecule has 0 saturated heterocycles. The van der Waals surface area contributed by atoms with Crippen LogP contribution in [0.25, 0.3) is 0 Å². The summed E-state index contributed by atoms with van der Waals surface area (Å²) in [7, 11) is 1.51. The van der Waals surface area contributed by atoms with E-state index in [1.807, 2.05) is 0 Å². The molecule has 5 nitrogen and oxygen atoms in total. The second-order valence-electron chi connectivity index (χ2n) is 3.17. The van der Waals surface area contributed by atoms with E-state index in [2.05, 4.69) is 5.10 Å². The number of nitrogen functional groups attached to an aromatic ring is 1. The summed E-state index contributed by atoms with van der Waals surface area (Å²) in [4.78, 5) is 12.0. The number of hydrogen-bond donors (Lipinski definition) is 1. The van der Waals surface area contributed by atoms with Crippen LogP contribution in [0.5, 0.6) is 5.75 Å². The van der Waals surface area contributed by atoms with Crippen molar-refractivity contribution in [3.63, 3.8) is 0 Å². The minimum atomic E-state index is -0.306. The molecule has 0 unspecified atom stereocenters. The quantitative estimate of drug-likeness (QED) is 0.882. The zero-order valence-electron chi connectivity index (χ0n) is 9.16. The first-order valence-electron chi connectivity index (χ1n) is 4.71. The lowest BCUT2D eigenvalue weighted by Gasteiger charge is -2.07. The first kappa shape index (κ1) is 13.1. The fourth-order valence-electron chi connectivity index (χ4n) is 1.42. The molecule has 0 atom stereocenters. The molecule has 2 aromatic rings. The third-order valence-corrected chi connectivity index (χ3v) is 2.20. The maximum absolute atomic E-state index is 12.0. The Balaban J connectivity index is 0.00000144. The van der Waals surface area contributed by atoms with Crippen LogP contribution in [0.2, 0.25) is 0 Å². The number of nitrogens with zero attached hydrogens (tertiary/aromatic N) is 2. The van der Waals surface area contributed by atoms with Crippen molar-refractivity contribution in [1.82, 2.24) is 9.78 Å². The van der Waals surface area contributed by atoms with E-state index in [0.29, 0.717) is 17.1 Å². The normalized spacial score (nSPS) is 9.47. The smallest absolute Gasteiger partial charge is 0.283 e. The zero-order valence-corrected chi connectivity index (χ0v) is 9.98. The molecule has 1 heterocycles. The van der Waals surface area contributed by atoms with Crippen LogP contribution in [-0.2, 0) is 0 Å². The van der Waals surface area contributed by atoms with Gasteiger partial charge in [-0.15, -0.1) is 12.4 Å². The molecule has 17 heavy (non-hydrogen) atoms. The number of nitrogens with two attached hydrogens (primary N) is 1. The summed E-state index contributed by atoms with van der Waals surface area (Å²) in [6.07, 6.45) is 1.47. The molecule has 0 amide bonds. The van der Waals surface area contributed by atoms with Crippen molar-refractivity contribution in [2.45, 2.75) is 0 Å². The molecular formula is C11H12ClN3O2. The molecule has 0 aliphatic heterocycles. The molecule has 1 aromatic carbocycles. The number of ether oxygens (including phenoxy) is 1. The van der Waals surface area contributed by atoms with Crippen molar-refractivity contribution in [2.75, 3.05) is 12.8 Å². The third kappa shape index (κ3) is 2.39. The van der Waals surface area contributed by atoms with Crippen molar-refractivity contribution in [1.29, 1.82) is 0 Å². The van der Waals surface area contributed by atoms with Crippen LogP contribution in [0.1, 0.15) is 10.4 Å². The standard InChI is InChI=1S/C11H11N3O2.ClH/c1-16-9-5-3-2-4-8(9)11(15)14-10(12)6-7-13-14;/h2-7H,12H2,1H3;1H. The fraction of sp³-hybridized carbons (Fsp3) is 0.0909. The van der Waals surface area contributed by atoms with Gasteiger partial charge in [-0.3, -0.25) is 4.79 Å². The molecule has 0 radical (unpaired) electrons. The van der Waals surface area contributed by atoms with E-state index in [9.17, 15) is 4.79 Å². The van der Waals surface area contributed by atoms with E-state index in [-0.39, 0.29) is 18.3 Å². The second kappa shape index (κ2) is 5.36. The maximum atomic E-state index is 12.0. The fourth-order valence-corrected chi connectivity index (χ4v) is 1.42. The summed E-state index contributed by atoms with van der Waals surface area (Å²) in [5.74, 6) is 0.498. The van der Waals surface area contributed by atoms with Gasteiger partial charge in [0.2, 0.25) is 0 Å². The number of methoxy groups -OCH3 is 1. The topological polar surface area (TPSA) is 70.1 Å². The Bertz CT molecular complexity index is 525. The number of hydrogen-bond acceptors (Lipinski definition) is 4. The number of anilines is 1. The van der Waals surface area contributed by atoms with Gasteiger partial charge >= 0.3 is 0 Å². The summed E-state index contributed by atoms with van der Waals surface area (Å²) >= 11 is 0. The number of carbonyl (C=O) groups is 1. The molecule has 6 heteroatoms. The molecule has 0 aliphatic carbocycles. The van der Waals surface area contributed by atoms with Crippen molar-refractivity contribution in [3.05, 3.63) is 42.1 Å². The molecule has 2 rings (SSSR count). The zero-order chi connectivity index (χ0) is 11.5. The Morgan fingerprint density at radius 3 is 2.65 bits per heavy atom. The SMILES string of the molecule is COc1ccccc1C(=O)n1nccc1N.Cl. The van der Waals surface area contributed by atoms with Crippen molar-refractivity contribution < 1.29 is 9.53 Å². The van der Waals surface area contributed by atoms with Gasteiger partial charge in [0.05, 0.1) is 18.9 Å². The number of halogens is 1. The van der Waals surface area contributed by atoms with E-state index in [4.69, 9.17) is 10.5 Å². The molecule has 0 aliphatic rings. The highest BCUT2D eigenvalue weighted by atomic mass is 35.5. The second-order valence-corrected chi connectivity index (χ2v) is 3.17. The van der Waals surface area contributed by atoms with Gasteiger partial charge in [-0.25, -0.2) is 0 Å². The maximum Gasteiger partial charge on any atom is 0.283 e. The number of benzene rings is 1. The average Bonchev–Trinajstić information content (AvgIpc) is 2.74. The Hall–Kier alpha value is -2.01. The number of rotatable bonds is 2. The number of para-hydroxylation sites is 1. The van der Waals surface area contributed by atoms with Crippen LogP contribution in [0.4, 0.5) is 5.82 Å². The van der Waals surface area contributed by atoms with Crippen molar-refractivity contribution >= 4 is 24.1 Å². The highest BCUT2D eigenvalue weighted by Gasteiger charge is 2.15. The molecule has 0 fully saturated rings. The van der Waals surface area contributed by atoms with Gasteiger partial charge in [0.25, 0.3) is 5.91 Å². The lowest BCUT2D eigenvalue weighted by molar-refractivity contribution is 0.0945. The van der Waals surface area contributed by atoms with Gasteiger partial charge in [0.1, 0.15) is 11.6 Å². The van der Waals surface area contributed by atoms with E-state index >= 15 is 0 Å². The van der Waals surface area contributed by atoms with E-state index in [1.165, 1.54) is 13.3 Å². The van der Waals surface area contributed by atoms with Crippen LogP contribution in [0.3, 0.4) is 0 Å². The van der Waals surface area contributed by atoms with E-state index in [0.717, 1.165) is 4.68 Å². The predicted molar refractivity (Wildman–Crippen MR) is 66.6 cm³/mol. The first-order valence-corrected chi connectivity index (χ1v) is 4.71. The molecular weight excluding hydrogens is 242 g/mol. The summed E-state index contributed by atoms with van der Waals surface area (Å²) in [6, 6.07) is 8.50. The molecule has 0 saturated carbocycles. The highest BCUT2D eigenvalue weighted by molar-refractivity contribution is 5.99. The lowest BCUT2D eigenvalue weighted by atomic mass is 10.2. The van der Waals surface area contributed by atoms with Gasteiger partial charge in [0.15, 0.2) is 0 Å². The van der Waals surface area contributed by atoms with Crippen LogP contribution < -0.4 is 10.5 Å².